The van der Waals surface area contributed by atoms with Gasteiger partial charge in [0.15, 0.2) is 0 Å². The van der Waals surface area contributed by atoms with Crippen molar-refractivity contribution in [3.05, 3.63) is 77.6 Å². The number of carbonyl (C=O) groups is 1. The number of pyridine rings is 1. The number of nitrogens with zero attached hydrogens (tertiary/aromatic N) is 1. The van der Waals surface area contributed by atoms with Gasteiger partial charge in [-0.25, -0.2) is 0 Å². The molecule has 0 aliphatic carbocycles. The number of carbonyl (C=O) groups excluding carboxylic acids is 1. The lowest BCUT2D eigenvalue weighted by Crippen LogP contribution is -2.20. The van der Waals surface area contributed by atoms with E-state index >= 15 is 0 Å². The van der Waals surface area contributed by atoms with Crippen LogP contribution in [0.15, 0.2) is 60.9 Å². The van der Waals surface area contributed by atoms with Gasteiger partial charge in [0.1, 0.15) is 5.75 Å². The lowest BCUT2D eigenvalue weighted by molar-refractivity contribution is -0.116. The van der Waals surface area contributed by atoms with Gasteiger partial charge in [-0.3, -0.25) is 9.78 Å². The van der Waals surface area contributed by atoms with E-state index < -0.39 is 0 Å². The fourth-order valence-electron chi connectivity index (χ4n) is 3.44. The van der Waals surface area contributed by atoms with Crippen molar-refractivity contribution >= 4 is 11.6 Å². The van der Waals surface area contributed by atoms with Gasteiger partial charge in [0, 0.05) is 29.9 Å². The Morgan fingerprint density at radius 3 is 2.65 bits per heavy atom. The lowest BCUT2D eigenvalue weighted by atomic mass is 9.89. The first-order chi connectivity index (χ1) is 12.7. The van der Waals surface area contributed by atoms with Crippen LogP contribution >= 0.6 is 0 Å². The predicted molar refractivity (Wildman–Crippen MR) is 102 cm³/mol. The van der Waals surface area contributed by atoms with Crippen molar-refractivity contribution in [2.75, 3.05) is 12.4 Å². The zero-order valence-corrected chi connectivity index (χ0v) is 14.7. The van der Waals surface area contributed by atoms with Crippen molar-refractivity contribution in [2.45, 2.75) is 19.3 Å². The number of hydrogen-bond donors (Lipinski definition) is 1. The van der Waals surface area contributed by atoms with Crippen molar-refractivity contribution in [3.8, 4) is 16.9 Å². The highest BCUT2D eigenvalue weighted by Gasteiger charge is 2.21. The fraction of sp³-hybridized carbons (Fsp3) is 0.182. The molecule has 0 atom stereocenters. The molecule has 4 rings (SSSR count). The van der Waals surface area contributed by atoms with Gasteiger partial charge in [-0.2, -0.15) is 0 Å². The molecule has 1 aliphatic heterocycles. The quantitative estimate of drug-likeness (QED) is 0.770. The van der Waals surface area contributed by atoms with E-state index in [2.05, 4.69) is 34.6 Å². The monoisotopic (exact) mass is 344 g/mol. The van der Waals surface area contributed by atoms with E-state index in [1.807, 2.05) is 30.5 Å². The number of aromatic nitrogens is 1. The van der Waals surface area contributed by atoms with Crippen molar-refractivity contribution in [1.29, 1.82) is 0 Å². The van der Waals surface area contributed by atoms with Gasteiger partial charge in [0.05, 0.1) is 12.8 Å². The molecule has 130 valence electrons. The molecule has 4 nitrogen and oxygen atoms in total. The van der Waals surface area contributed by atoms with Crippen molar-refractivity contribution in [3.63, 3.8) is 0 Å². The number of ether oxygens (including phenoxy) is 1. The third-order valence-electron chi connectivity index (χ3n) is 4.77. The van der Waals surface area contributed by atoms with Crippen LogP contribution in [0.5, 0.6) is 5.75 Å². The summed E-state index contributed by atoms with van der Waals surface area (Å²) >= 11 is 0. The van der Waals surface area contributed by atoms with Gasteiger partial charge < -0.3 is 10.1 Å². The molecule has 0 radical (unpaired) electrons. The SMILES string of the molecule is COc1ccc(Cc2ccc3c(c2-c2cccnc2)NC(=O)CC3)cc1. The molecule has 0 unspecified atom stereocenters. The Bertz CT molecular complexity index is 934. The Hall–Kier alpha value is -3.14. The molecular weight excluding hydrogens is 324 g/mol. The molecule has 0 spiro atoms. The van der Waals surface area contributed by atoms with Gasteiger partial charge in [0.25, 0.3) is 0 Å². The number of rotatable bonds is 4. The van der Waals surface area contributed by atoms with Crippen LogP contribution in [0, 0.1) is 0 Å². The highest BCUT2D eigenvalue weighted by Crippen LogP contribution is 2.38. The Morgan fingerprint density at radius 1 is 1.08 bits per heavy atom. The van der Waals surface area contributed by atoms with Crippen LogP contribution in [-0.4, -0.2) is 18.0 Å². The number of anilines is 1. The third kappa shape index (κ3) is 3.18. The average molecular weight is 344 g/mol. The van der Waals surface area contributed by atoms with Crippen molar-refractivity contribution in [1.82, 2.24) is 4.98 Å². The van der Waals surface area contributed by atoms with Gasteiger partial charge in [0.2, 0.25) is 5.91 Å². The maximum atomic E-state index is 12.0. The number of aryl methyl sites for hydroxylation is 1. The van der Waals surface area contributed by atoms with Crippen LogP contribution in [-0.2, 0) is 17.6 Å². The minimum absolute atomic E-state index is 0.0734. The molecule has 4 heteroatoms. The molecule has 1 amide bonds. The number of hydrogen-bond acceptors (Lipinski definition) is 3. The predicted octanol–water partition coefficient (Wildman–Crippen LogP) is 4.23. The van der Waals surface area contributed by atoms with E-state index in [1.165, 1.54) is 16.7 Å². The van der Waals surface area contributed by atoms with Gasteiger partial charge >= 0.3 is 0 Å². The minimum Gasteiger partial charge on any atom is -0.497 e. The second-order valence-corrected chi connectivity index (χ2v) is 6.45. The molecule has 1 N–H and O–H groups in total. The summed E-state index contributed by atoms with van der Waals surface area (Å²) in [4.78, 5) is 16.3. The number of amides is 1. The Balaban J connectivity index is 1.80. The number of fused-ring (bicyclic) bond motifs is 1. The molecule has 1 aromatic heterocycles. The van der Waals surface area contributed by atoms with Crippen LogP contribution in [0.25, 0.3) is 11.1 Å². The van der Waals surface area contributed by atoms with E-state index in [9.17, 15) is 4.79 Å². The van der Waals surface area contributed by atoms with E-state index in [1.54, 1.807) is 13.3 Å². The molecule has 0 saturated heterocycles. The standard InChI is InChI=1S/C22H20N2O2/c1-26-19-9-4-15(5-10-19)13-17-7-6-16-8-11-20(25)24-22(16)21(17)18-3-2-12-23-14-18/h2-7,9-10,12,14H,8,11,13H2,1H3,(H,24,25). The molecular formula is C22H20N2O2. The fourth-order valence-corrected chi connectivity index (χ4v) is 3.44. The summed E-state index contributed by atoms with van der Waals surface area (Å²) in [6, 6.07) is 16.4. The van der Waals surface area contributed by atoms with Crippen LogP contribution in [0.3, 0.4) is 0 Å². The Kier molecular flexibility index (Phi) is 4.40. The molecule has 0 saturated carbocycles. The summed E-state index contributed by atoms with van der Waals surface area (Å²) < 4.78 is 5.24. The van der Waals surface area contributed by atoms with E-state index in [0.29, 0.717) is 6.42 Å². The normalized spacial score (nSPS) is 13.0. The zero-order chi connectivity index (χ0) is 17.9. The van der Waals surface area contributed by atoms with E-state index in [-0.39, 0.29) is 5.91 Å². The molecule has 2 aromatic carbocycles. The van der Waals surface area contributed by atoms with Crippen LogP contribution in [0.2, 0.25) is 0 Å². The number of methoxy groups -OCH3 is 1. The smallest absolute Gasteiger partial charge is 0.224 e. The molecule has 0 bridgehead atoms. The highest BCUT2D eigenvalue weighted by molar-refractivity contribution is 5.99. The summed E-state index contributed by atoms with van der Waals surface area (Å²) in [6.07, 6.45) is 5.71. The second-order valence-electron chi connectivity index (χ2n) is 6.45. The maximum absolute atomic E-state index is 12.0. The Morgan fingerprint density at radius 2 is 1.92 bits per heavy atom. The Labute approximate surface area is 152 Å². The van der Waals surface area contributed by atoms with E-state index in [4.69, 9.17) is 4.74 Å². The first-order valence-electron chi connectivity index (χ1n) is 8.72. The molecule has 0 fully saturated rings. The van der Waals surface area contributed by atoms with Crippen LogP contribution < -0.4 is 10.1 Å². The van der Waals surface area contributed by atoms with Gasteiger partial charge in [-0.15, -0.1) is 0 Å². The molecule has 3 aromatic rings. The highest BCUT2D eigenvalue weighted by atomic mass is 16.5. The third-order valence-corrected chi connectivity index (χ3v) is 4.77. The first-order valence-corrected chi connectivity index (χ1v) is 8.72. The summed E-state index contributed by atoms with van der Waals surface area (Å²) in [5, 5.41) is 3.08. The maximum Gasteiger partial charge on any atom is 0.224 e. The van der Waals surface area contributed by atoms with Crippen molar-refractivity contribution < 1.29 is 9.53 Å². The average Bonchev–Trinajstić information content (AvgIpc) is 2.69. The lowest BCUT2D eigenvalue weighted by Gasteiger charge is -2.23. The molecule has 2 heterocycles. The van der Waals surface area contributed by atoms with Crippen molar-refractivity contribution in [2.24, 2.45) is 0 Å². The van der Waals surface area contributed by atoms with Crippen LogP contribution in [0.1, 0.15) is 23.1 Å². The molecule has 1 aliphatic rings. The zero-order valence-electron chi connectivity index (χ0n) is 14.7. The number of benzene rings is 2. The summed E-state index contributed by atoms with van der Waals surface area (Å²) in [6.45, 7) is 0. The van der Waals surface area contributed by atoms with Gasteiger partial charge in [-0.1, -0.05) is 30.3 Å². The first kappa shape index (κ1) is 16.3. The molecule has 26 heavy (non-hydrogen) atoms. The second kappa shape index (κ2) is 7.00. The number of nitrogens with one attached hydrogen (secondary N) is 1. The minimum atomic E-state index is 0.0734. The largest absolute Gasteiger partial charge is 0.497 e. The summed E-state index contributed by atoms with van der Waals surface area (Å²) in [7, 11) is 1.67. The summed E-state index contributed by atoms with van der Waals surface area (Å²) in [5.41, 5.74) is 6.57. The topological polar surface area (TPSA) is 51.2 Å². The van der Waals surface area contributed by atoms with Gasteiger partial charge in [-0.05, 0) is 47.7 Å². The summed E-state index contributed by atoms with van der Waals surface area (Å²) in [5.74, 6) is 0.920. The van der Waals surface area contributed by atoms with Crippen LogP contribution in [0.4, 0.5) is 5.69 Å². The van der Waals surface area contributed by atoms with E-state index in [0.717, 1.165) is 35.4 Å².